The van der Waals surface area contributed by atoms with E-state index in [1.165, 1.54) is 29.8 Å². The molecule has 2 unspecified atom stereocenters. The Morgan fingerprint density at radius 1 is 0.778 bits per heavy atom. The number of aliphatic carboxylic acids is 1. The molecule has 0 amide bonds. The Kier molecular flexibility index (Phi) is 10.9. The fourth-order valence-corrected chi connectivity index (χ4v) is 3.37. The van der Waals surface area contributed by atoms with E-state index in [0.717, 1.165) is 31.4 Å². The largest absolute Gasteiger partial charge is 0.508 e. The number of nitrogens with one attached hydrogen (secondary N) is 1. The summed E-state index contributed by atoms with van der Waals surface area (Å²) in [6, 6.07) is 15.7. The number of carbonyl (C=O) groups is 1. The molecule has 0 aliphatic carbocycles. The molecule has 2 atom stereocenters. The van der Waals surface area contributed by atoms with E-state index >= 15 is 0 Å². The summed E-state index contributed by atoms with van der Waals surface area (Å²) >= 11 is 0. The molecule has 9 heteroatoms. The van der Waals surface area contributed by atoms with Gasteiger partial charge < -0.3 is 41.7 Å². The highest BCUT2D eigenvalue weighted by Gasteiger charge is 2.13. The molecule has 0 aliphatic heterocycles. The van der Waals surface area contributed by atoms with Crippen LogP contribution in [0.25, 0.3) is 0 Å². The lowest BCUT2D eigenvalue weighted by Crippen LogP contribution is -2.32. The van der Waals surface area contributed by atoms with Gasteiger partial charge in [-0.1, -0.05) is 24.3 Å². The zero-order chi connectivity index (χ0) is 26.7. The second kappa shape index (κ2) is 13.8. The number of phenols is 5. The van der Waals surface area contributed by atoms with Gasteiger partial charge in [0, 0.05) is 6.04 Å². The Morgan fingerprint density at radius 3 is 1.86 bits per heavy atom. The van der Waals surface area contributed by atoms with E-state index < -0.39 is 12.0 Å². The lowest BCUT2D eigenvalue weighted by molar-refractivity contribution is -0.138. The van der Waals surface area contributed by atoms with Crippen LogP contribution in [0.4, 0.5) is 0 Å². The van der Waals surface area contributed by atoms with Crippen LogP contribution in [-0.2, 0) is 24.1 Å². The molecular formula is C27H34N2O7. The summed E-state index contributed by atoms with van der Waals surface area (Å²) in [4.78, 5) is 10.4. The Hall–Kier alpha value is -3.95. The van der Waals surface area contributed by atoms with Gasteiger partial charge in [-0.05, 0) is 92.2 Å². The Bertz CT molecular complexity index is 1120. The van der Waals surface area contributed by atoms with Crippen LogP contribution in [0, 0.1) is 0 Å². The number of rotatable bonds is 10. The van der Waals surface area contributed by atoms with Crippen molar-refractivity contribution in [2.24, 2.45) is 5.73 Å². The van der Waals surface area contributed by atoms with Gasteiger partial charge in [-0.3, -0.25) is 4.79 Å². The predicted molar refractivity (Wildman–Crippen MR) is 136 cm³/mol. The monoisotopic (exact) mass is 498 g/mol. The minimum Gasteiger partial charge on any atom is -0.508 e. The summed E-state index contributed by atoms with van der Waals surface area (Å²) in [6.45, 7) is 2.97. The molecule has 3 aromatic carbocycles. The van der Waals surface area contributed by atoms with E-state index in [1.807, 2.05) is 18.2 Å². The molecule has 3 aromatic rings. The third-order valence-electron chi connectivity index (χ3n) is 5.56. The van der Waals surface area contributed by atoms with Crippen LogP contribution in [0.1, 0.15) is 30.0 Å². The molecule has 9 nitrogen and oxygen atoms in total. The predicted octanol–water partition coefficient (Wildman–Crippen LogP) is 3.01. The third-order valence-corrected chi connectivity index (χ3v) is 5.56. The average Bonchev–Trinajstić information content (AvgIpc) is 2.83. The number of carboxylic acid groups (broad SMARTS) is 1. The van der Waals surface area contributed by atoms with Gasteiger partial charge in [0.2, 0.25) is 0 Å². The first kappa shape index (κ1) is 28.3. The number of phenolic OH excluding ortho intramolecular Hbond substituents is 5. The van der Waals surface area contributed by atoms with Crippen molar-refractivity contribution in [3.8, 4) is 28.7 Å². The van der Waals surface area contributed by atoms with Gasteiger partial charge in [-0.25, -0.2) is 0 Å². The highest BCUT2D eigenvalue weighted by molar-refractivity contribution is 5.73. The molecule has 0 heterocycles. The maximum absolute atomic E-state index is 10.4. The SMILES string of the molecule is CC(CCc1ccc(O)cc1)NCCc1ccc(O)c(O)c1.NC(Cc1ccc(O)c(O)c1)C(=O)O. The van der Waals surface area contributed by atoms with Gasteiger partial charge >= 0.3 is 5.97 Å². The Morgan fingerprint density at radius 2 is 1.31 bits per heavy atom. The van der Waals surface area contributed by atoms with Crippen molar-refractivity contribution in [1.82, 2.24) is 5.32 Å². The topological polar surface area (TPSA) is 176 Å². The highest BCUT2D eigenvalue weighted by Crippen LogP contribution is 2.26. The first-order chi connectivity index (χ1) is 17.0. The molecule has 0 saturated carbocycles. The zero-order valence-electron chi connectivity index (χ0n) is 20.1. The Balaban J connectivity index is 0.000000281. The number of nitrogens with two attached hydrogens (primary N) is 1. The molecular weight excluding hydrogens is 464 g/mol. The summed E-state index contributed by atoms with van der Waals surface area (Å²) in [5.41, 5.74) is 8.07. The number of hydrogen-bond acceptors (Lipinski definition) is 8. The highest BCUT2D eigenvalue weighted by atomic mass is 16.4. The van der Waals surface area contributed by atoms with Crippen LogP contribution in [0.5, 0.6) is 28.7 Å². The van der Waals surface area contributed by atoms with Gasteiger partial charge in [-0.2, -0.15) is 0 Å². The second-order valence-electron chi connectivity index (χ2n) is 8.61. The molecule has 0 radical (unpaired) electrons. The lowest BCUT2D eigenvalue weighted by atomic mass is 10.1. The van der Waals surface area contributed by atoms with Crippen molar-refractivity contribution in [3.63, 3.8) is 0 Å². The molecule has 0 aromatic heterocycles. The van der Waals surface area contributed by atoms with Crippen molar-refractivity contribution in [3.05, 3.63) is 77.4 Å². The van der Waals surface area contributed by atoms with Crippen LogP contribution in [0.2, 0.25) is 0 Å². The van der Waals surface area contributed by atoms with Crippen LogP contribution < -0.4 is 11.1 Å². The minimum absolute atomic E-state index is 0.0714. The molecule has 36 heavy (non-hydrogen) atoms. The summed E-state index contributed by atoms with van der Waals surface area (Å²) < 4.78 is 0. The average molecular weight is 499 g/mol. The minimum atomic E-state index is -1.10. The first-order valence-corrected chi connectivity index (χ1v) is 11.6. The summed E-state index contributed by atoms with van der Waals surface area (Å²) in [5, 5.41) is 58.1. The fourth-order valence-electron chi connectivity index (χ4n) is 3.37. The zero-order valence-corrected chi connectivity index (χ0v) is 20.1. The number of benzene rings is 3. The molecule has 0 bridgehead atoms. The van der Waals surface area contributed by atoms with Crippen molar-refractivity contribution in [1.29, 1.82) is 0 Å². The number of aryl methyl sites for hydroxylation is 1. The molecule has 0 aliphatic rings. The standard InChI is InChI=1S/C18H23NO3.C9H11NO4/c1-13(2-3-14-4-7-16(20)8-5-14)19-11-10-15-6-9-17(21)18(22)12-15;10-6(9(13)14)3-5-1-2-7(11)8(12)4-5/h4-9,12-13,19-22H,2-3,10-11H2,1H3;1-2,4,6,11-12H,3,10H2,(H,13,14). The number of hydrogen-bond donors (Lipinski definition) is 8. The maximum atomic E-state index is 10.4. The summed E-state index contributed by atoms with van der Waals surface area (Å²) in [7, 11) is 0. The van der Waals surface area contributed by atoms with Crippen molar-refractivity contribution in [2.75, 3.05) is 6.54 Å². The van der Waals surface area contributed by atoms with Crippen LogP contribution >= 0.6 is 0 Å². The molecule has 3 rings (SSSR count). The molecule has 194 valence electrons. The lowest BCUT2D eigenvalue weighted by Gasteiger charge is -2.14. The van der Waals surface area contributed by atoms with E-state index in [4.69, 9.17) is 21.1 Å². The van der Waals surface area contributed by atoms with Gasteiger partial charge in [0.1, 0.15) is 11.8 Å². The third kappa shape index (κ3) is 9.73. The van der Waals surface area contributed by atoms with E-state index in [1.54, 1.807) is 18.2 Å². The van der Waals surface area contributed by atoms with Crippen molar-refractivity contribution in [2.45, 2.75) is 44.7 Å². The Labute approximate surface area is 210 Å². The fraction of sp³-hybridized carbons (Fsp3) is 0.296. The van der Waals surface area contributed by atoms with Crippen molar-refractivity contribution >= 4 is 5.97 Å². The van der Waals surface area contributed by atoms with E-state index in [9.17, 15) is 20.1 Å². The second-order valence-corrected chi connectivity index (χ2v) is 8.61. The maximum Gasteiger partial charge on any atom is 0.320 e. The van der Waals surface area contributed by atoms with Gasteiger partial charge in [0.05, 0.1) is 0 Å². The van der Waals surface area contributed by atoms with E-state index in [0.29, 0.717) is 17.4 Å². The normalized spacial score (nSPS) is 12.3. The number of carboxylic acids is 1. The molecule has 0 saturated heterocycles. The molecule has 0 spiro atoms. The summed E-state index contributed by atoms with van der Waals surface area (Å²) in [5.74, 6) is -1.47. The first-order valence-electron chi connectivity index (χ1n) is 11.6. The van der Waals surface area contributed by atoms with E-state index in [-0.39, 0.29) is 29.4 Å². The smallest absolute Gasteiger partial charge is 0.320 e. The van der Waals surface area contributed by atoms with Crippen LogP contribution in [0.3, 0.4) is 0 Å². The van der Waals surface area contributed by atoms with Crippen molar-refractivity contribution < 1.29 is 35.4 Å². The van der Waals surface area contributed by atoms with Gasteiger partial charge in [0.15, 0.2) is 23.0 Å². The summed E-state index contributed by atoms with van der Waals surface area (Å²) in [6.07, 6.45) is 2.90. The number of aromatic hydroxyl groups is 5. The molecule has 9 N–H and O–H groups in total. The quantitative estimate of drug-likeness (QED) is 0.195. The van der Waals surface area contributed by atoms with Gasteiger partial charge in [0.25, 0.3) is 0 Å². The molecule has 0 fully saturated rings. The van der Waals surface area contributed by atoms with Gasteiger partial charge in [-0.15, -0.1) is 0 Å². The van der Waals surface area contributed by atoms with E-state index in [2.05, 4.69) is 12.2 Å². The van der Waals surface area contributed by atoms with Crippen LogP contribution in [-0.4, -0.2) is 55.2 Å². The van der Waals surface area contributed by atoms with Crippen LogP contribution in [0.15, 0.2) is 60.7 Å².